The van der Waals surface area contributed by atoms with Gasteiger partial charge >= 0.3 is 0 Å². The Morgan fingerprint density at radius 1 is 1.15 bits per heavy atom. The summed E-state index contributed by atoms with van der Waals surface area (Å²) in [4.78, 5) is 19.3. The minimum atomic E-state index is -0.258. The van der Waals surface area contributed by atoms with E-state index in [0.29, 0.717) is 25.4 Å². The summed E-state index contributed by atoms with van der Waals surface area (Å²) in [7, 11) is 0. The van der Waals surface area contributed by atoms with Gasteiger partial charge in [-0.2, -0.15) is 0 Å². The van der Waals surface area contributed by atoms with Crippen LogP contribution in [0.3, 0.4) is 0 Å². The van der Waals surface area contributed by atoms with E-state index in [-0.39, 0.29) is 17.6 Å². The molecule has 1 aliphatic heterocycles. The molecule has 0 saturated carbocycles. The molecule has 1 saturated heterocycles. The van der Waals surface area contributed by atoms with Crippen LogP contribution in [0.15, 0.2) is 48.5 Å². The number of likely N-dealkylation sites (tertiary alicyclic amines) is 1. The molecule has 1 fully saturated rings. The number of hydrogen-bond acceptors (Lipinski definition) is 2. The van der Waals surface area contributed by atoms with Crippen molar-refractivity contribution in [3.8, 4) is 0 Å². The molecule has 4 rings (SSSR count). The Balaban J connectivity index is 1.60. The monoisotopic (exact) mass is 365 g/mol. The van der Waals surface area contributed by atoms with Crippen LogP contribution in [0.2, 0.25) is 0 Å². The topological polar surface area (TPSA) is 38.1 Å². The highest BCUT2D eigenvalue weighted by Gasteiger charge is 2.34. The standard InChI is InChI=1S/C22H24FN3O/c1-15(2)12-26-20-6-4-3-5-19(20)24-22(26)17-11-21(27)25(14-17)13-16-7-9-18(23)10-8-16/h3-10,15,17H,11-14H2,1-2H3/t17-/m1/s1. The molecule has 27 heavy (non-hydrogen) atoms. The quantitative estimate of drug-likeness (QED) is 0.674. The van der Waals surface area contributed by atoms with E-state index in [1.54, 1.807) is 12.1 Å². The van der Waals surface area contributed by atoms with Crippen LogP contribution in [0.5, 0.6) is 0 Å². The highest BCUT2D eigenvalue weighted by Crippen LogP contribution is 2.31. The molecule has 0 radical (unpaired) electrons. The maximum Gasteiger partial charge on any atom is 0.223 e. The third-order valence-electron chi connectivity index (χ3n) is 5.10. The number of carbonyl (C=O) groups is 1. The van der Waals surface area contributed by atoms with Crippen molar-refractivity contribution in [2.45, 2.75) is 39.3 Å². The summed E-state index contributed by atoms with van der Waals surface area (Å²) in [5.74, 6) is 1.46. The Kier molecular flexibility index (Phi) is 4.68. The largest absolute Gasteiger partial charge is 0.338 e. The highest BCUT2D eigenvalue weighted by molar-refractivity contribution is 5.81. The van der Waals surface area contributed by atoms with E-state index >= 15 is 0 Å². The minimum absolute atomic E-state index is 0.0871. The van der Waals surface area contributed by atoms with E-state index in [0.717, 1.165) is 29.0 Å². The van der Waals surface area contributed by atoms with Crippen molar-refractivity contribution in [1.29, 1.82) is 0 Å². The predicted octanol–water partition coefficient (Wildman–Crippen LogP) is 4.35. The zero-order chi connectivity index (χ0) is 19.0. The first-order valence-corrected chi connectivity index (χ1v) is 9.48. The molecule has 1 amide bonds. The normalized spacial score (nSPS) is 17.4. The molecule has 0 N–H and O–H groups in total. The minimum Gasteiger partial charge on any atom is -0.338 e. The fraction of sp³-hybridized carbons (Fsp3) is 0.364. The van der Waals surface area contributed by atoms with Crippen LogP contribution in [-0.4, -0.2) is 26.9 Å². The first-order chi connectivity index (χ1) is 13.0. The van der Waals surface area contributed by atoms with E-state index in [4.69, 9.17) is 4.98 Å². The van der Waals surface area contributed by atoms with Gasteiger partial charge in [0.1, 0.15) is 11.6 Å². The van der Waals surface area contributed by atoms with Crippen molar-refractivity contribution in [3.63, 3.8) is 0 Å². The molecule has 1 atom stereocenters. The lowest BCUT2D eigenvalue weighted by Crippen LogP contribution is -2.24. The number of aromatic nitrogens is 2. The number of para-hydroxylation sites is 2. The van der Waals surface area contributed by atoms with Gasteiger partial charge in [-0.25, -0.2) is 9.37 Å². The molecule has 2 heterocycles. The van der Waals surface area contributed by atoms with Crippen LogP contribution in [0.1, 0.15) is 37.6 Å². The zero-order valence-electron chi connectivity index (χ0n) is 15.7. The van der Waals surface area contributed by atoms with Gasteiger partial charge in [-0.1, -0.05) is 38.1 Å². The van der Waals surface area contributed by atoms with Crippen molar-refractivity contribution in [1.82, 2.24) is 14.5 Å². The fourth-order valence-corrected chi connectivity index (χ4v) is 3.87. The van der Waals surface area contributed by atoms with Crippen molar-refractivity contribution in [3.05, 3.63) is 65.7 Å². The number of halogens is 1. The van der Waals surface area contributed by atoms with E-state index < -0.39 is 0 Å². The van der Waals surface area contributed by atoms with Crippen LogP contribution < -0.4 is 0 Å². The Morgan fingerprint density at radius 2 is 1.89 bits per heavy atom. The maximum absolute atomic E-state index is 13.1. The third-order valence-corrected chi connectivity index (χ3v) is 5.10. The van der Waals surface area contributed by atoms with Gasteiger partial charge in [0.15, 0.2) is 0 Å². The van der Waals surface area contributed by atoms with E-state index in [1.807, 2.05) is 23.1 Å². The number of carbonyl (C=O) groups excluding carboxylic acids is 1. The smallest absolute Gasteiger partial charge is 0.223 e. The fourth-order valence-electron chi connectivity index (χ4n) is 3.87. The second-order valence-electron chi connectivity index (χ2n) is 7.76. The Hall–Kier alpha value is -2.69. The van der Waals surface area contributed by atoms with Gasteiger partial charge in [0, 0.05) is 32.0 Å². The van der Waals surface area contributed by atoms with Gasteiger partial charge in [-0.15, -0.1) is 0 Å². The van der Waals surface area contributed by atoms with E-state index in [9.17, 15) is 9.18 Å². The number of benzene rings is 2. The van der Waals surface area contributed by atoms with Gasteiger partial charge in [-0.05, 0) is 35.7 Å². The van der Waals surface area contributed by atoms with Gasteiger partial charge in [0.05, 0.1) is 11.0 Å². The zero-order valence-corrected chi connectivity index (χ0v) is 15.7. The average Bonchev–Trinajstić information content (AvgIpc) is 3.18. The maximum atomic E-state index is 13.1. The summed E-state index contributed by atoms with van der Waals surface area (Å²) in [6.07, 6.45) is 0.475. The summed E-state index contributed by atoms with van der Waals surface area (Å²) in [5.41, 5.74) is 3.06. The van der Waals surface area contributed by atoms with Crippen molar-refractivity contribution in [2.24, 2.45) is 5.92 Å². The summed E-state index contributed by atoms with van der Waals surface area (Å²) in [5, 5.41) is 0. The predicted molar refractivity (Wildman–Crippen MR) is 104 cm³/mol. The third kappa shape index (κ3) is 3.59. The average molecular weight is 365 g/mol. The molecular formula is C22H24FN3O. The molecule has 3 aromatic rings. The van der Waals surface area contributed by atoms with E-state index in [2.05, 4.69) is 24.5 Å². The molecule has 0 spiro atoms. The van der Waals surface area contributed by atoms with Crippen LogP contribution in [0.25, 0.3) is 11.0 Å². The number of hydrogen-bond donors (Lipinski definition) is 0. The number of fused-ring (bicyclic) bond motifs is 1. The van der Waals surface area contributed by atoms with Gasteiger partial charge < -0.3 is 9.47 Å². The lowest BCUT2D eigenvalue weighted by molar-refractivity contribution is -0.128. The van der Waals surface area contributed by atoms with Gasteiger partial charge in [0.2, 0.25) is 5.91 Å². The Labute approximate surface area is 158 Å². The number of rotatable bonds is 5. The number of imidazole rings is 1. The Bertz CT molecular complexity index is 961. The SMILES string of the molecule is CC(C)Cn1c([C@@H]2CC(=O)N(Cc3ccc(F)cc3)C2)nc2ccccc21. The number of amides is 1. The van der Waals surface area contributed by atoms with E-state index in [1.165, 1.54) is 12.1 Å². The molecular weight excluding hydrogens is 341 g/mol. The van der Waals surface area contributed by atoms with Crippen LogP contribution in [-0.2, 0) is 17.9 Å². The van der Waals surface area contributed by atoms with Crippen LogP contribution in [0, 0.1) is 11.7 Å². The summed E-state index contributed by atoms with van der Waals surface area (Å²) < 4.78 is 15.4. The van der Waals surface area contributed by atoms with Crippen molar-refractivity contribution in [2.75, 3.05) is 6.54 Å². The van der Waals surface area contributed by atoms with Crippen LogP contribution >= 0.6 is 0 Å². The molecule has 0 bridgehead atoms. The first kappa shape index (κ1) is 17.7. The second kappa shape index (κ2) is 7.14. The molecule has 5 heteroatoms. The van der Waals surface area contributed by atoms with Gasteiger partial charge in [0.25, 0.3) is 0 Å². The second-order valence-corrected chi connectivity index (χ2v) is 7.76. The van der Waals surface area contributed by atoms with Gasteiger partial charge in [-0.3, -0.25) is 4.79 Å². The molecule has 2 aromatic carbocycles. The first-order valence-electron chi connectivity index (χ1n) is 9.48. The van der Waals surface area contributed by atoms with Crippen molar-refractivity contribution >= 4 is 16.9 Å². The molecule has 0 unspecified atom stereocenters. The molecule has 0 aliphatic carbocycles. The lowest BCUT2D eigenvalue weighted by atomic mass is 10.1. The summed E-state index contributed by atoms with van der Waals surface area (Å²) >= 11 is 0. The number of nitrogens with zero attached hydrogens (tertiary/aromatic N) is 3. The van der Waals surface area contributed by atoms with Crippen molar-refractivity contribution < 1.29 is 9.18 Å². The molecule has 1 aromatic heterocycles. The molecule has 1 aliphatic rings. The highest BCUT2D eigenvalue weighted by atomic mass is 19.1. The molecule has 4 nitrogen and oxygen atoms in total. The Morgan fingerprint density at radius 3 is 2.63 bits per heavy atom. The van der Waals surface area contributed by atoms with Crippen LogP contribution in [0.4, 0.5) is 4.39 Å². The summed E-state index contributed by atoms with van der Waals surface area (Å²) in [6.45, 7) is 6.44. The summed E-state index contributed by atoms with van der Waals surface area (Å²) in [6, 6.07) is 14.5. The lowest BCUT2D eigenvalue weighted by Gasteiger charge is -2.18. The molecule has 140 valence electrons.